The van der Waals surface area contributed by atoms with Crippen molar-refractivity contribution in [3.05, 3.63) is 94.5 Å². The Balaban J connectivity index is 0.000000804. The highest BCUT2D eigenvalue weighted by Crippen LogP contribution is 2.27. The number of likely N-dealkylation sites (N-methyl/N-ethyl adjacent to an activating group) is 1. The minimum atomic E-state index is -5.19. The van der Waals surface area contributed by atoms with Gasteiger partial charge in [-0.15, -0.1) is 0 Å². The number of quaternary nitrogens is 1. The molecule has 0 aromatic heterocycles. The highest BCUT2D eigenvalue weighted by molar-refractivity contribution is 6.30. The number of benzene rings is 3. The van der Waals surface area contributed by atoms with E-state index >= 15 is 0 Å². The lowest BCUT2D eigenvalue weighted by atomic mass is 10.0. The van der Waals surface area contributed by atoms with Gasteiger partial charge >= 0.3 is 18.2 Å². The van der Waals surface area contributed by atoms with Gasteiger partial charge in [-0.2, -0.15) is 13.2 Å². The van der Waals surface area contributed by atoms with E-state index in [2.05, 4.69) is 12.4 Å². The maximum Gasteiger partial charge on any atom is 0.430 e. The molecule has 3 amide bonds. The van der Waals surface area contributed by atoms with Gasteiger partial charge in [-0.05, 0) is 67.4 Å². The fourth-order valence-corrected chi connectivity index (χ4v) is 5.35. The summed E-state index contributed by atoms with van der Waals surface area (Å²) in [4.78, 5) is 49.5. The molecule has 3 atom stereocenters. The minimum absolute atomic E-state index is 0.118. The molecule has 3 aromatic rings. The molecule has 4 N–H and O–H groups in total. The topological polar surface area (TPSA) is 162 Å². The summed E-state index contributed by atoms with van der Waals surface area (Å²) in [5, 5.41) is 21.9. The number of hydrogen-bond acceptors (Lipinski definition) is 8. The second kappa shape index (κ2) is 16.4. The predicted octanol–water partition coefficient (Wildman–Crippen LogP) is 3.87. The van der Waals surface area contributed by atoms with E-state index in [0.717, 1.165) is 24.2 Å². The summed E-state index contributed by atoms with van der Waals surface area (Å²) >= 11 is 6.06. The van der Waals surface area contributed by atoms with Crippen LogP contribution in [0.15, 0.2) is 72.8 Å². The van der Waals surface area contributed by atoms with Crippen molar-refractivity contribution in [1.29, 1.82) is 0 Å². The number of urea groups is 1. The quantitative estimate of drug-likeness (QED) is 0.225. The third-order valence-corrected chi connectivity index (χ3v) is 7.79. The Morgan fingerprint density at radius 1 is 1.04 bits per heavy atom. The predicted molar refractivity (Wildman–Crippen MR) is 169 cm³/mol. The Morgan fingerprint density at radius 3 is 2.15 bits per heavy atom. The molecule has 1 saturated heterocycles. The molecule has 1 aliphatic heterocycles. The Morgan fingerprint density at radius 2 is 1.60 bits per heavy atom. The van der Waals surface area contributed by atoms with Gasteiger partial charge in [0.2, 0.25) is 5.91 Å². The van der Waals surface area contributed by atoms with Gasteiger partial charge in [-0.3, -0.25) is 9.69 Å². The normalized spacial score (nSPS) is 17.8. The number of rotatable bonds is 9. The number of carbonyl (C=O) groups is 4. The Hall–Kier alpha value is -4.66. The average Bonchev–Trinajstić information content (AvgIpc) is 3.40. The molecule has 1 unspecified atom stereocenters. The molecule has 3 aromatic carbocycles. The van der Waals surface area contributed by atoms with Crippen LogP contribution in [-0.2, 0) is 27.3 Å². The monoisotopic (exact) mass is 692 g/mol. The number of halogens is 4. The van der Waals surface area contributed by atoms with Gasteiger partial charge in [0.05, 0.1) is 37.8 Å². The smallest absolute Gasteiger partial charge is 0.430 e. The molecule has 0 radical (unpaired) electrons. The van der Waals surface area contributed by atoms with E-state index in [-0.39, 0.29) is 24.8 Å². The second-order valence-electron chi connectivity index (χ2n) is 11.5. The van der Waals surface area contributed by atoms with Crippen LogP contribution in [-0.4, -0.2) is 83.4 Å². The summed E-state index contributed by atoms with van der Waals surface area (Å²) in [5.74, 6) is -3.82. The van der Waals surface area contributed by atoms with Gasteiger partial charge in [0.15, 0.2) is 0 Å². The van der Waals surface area contributed by atoms with Crippen molar-refractivity contribution in [3.63, 3.8) is 0 Å². The molecule has 258 valence electrons. The van der Waals surface area contributed by atoms with Gasteiger partial charge in [0.25, 0.3) is 0 Å². The van der Waals surface area contributed by atoms with Gasteiger partial charge in [0.1, 0.15) is 24.8 Å². The number of nitrogens with zero attached hydrogens (tertiary/aromatic N) is 2. The summed E-state index contributed by atoms with van der Waals surface area (Å²) in [6.07, 6.45) is -4.36. The number of carboxylic acid groups (broad SMARTS) is 1. The first-order valence-corrected chi connectivity index (χ1v) is 15.2. The highest BCUT2D eigenvalue weighted by atomic mass is 35.5. The van der Waals surface area contributed by atoms with Gasteiger partial charge in [0, 0.05) is 22.7 Å². The summed E-state index contributed by atoms with van der Waals surface area (Å²) in [6.45, 7) is 4.05. The standard InChI is InChI=1S/C31H35ClN4O5.C2HF3O2/c1-3-41-30(39)23-8-12-25(13-9-23)34-31(40)35(29(38)28(33)18-21-6-14-27(37)15-7-21)26-16-17-36(2,20-26)19-22-4-10-24(32)11-5-22;3-2(4,5)1(6)7/h4-15,26,28H,3,16-20,33H2,1-2H3,(H-,34,37,39,40);(H,6,7)/t26-,28-,36?;/m0./s1. The maximum absolute atomic E-state index is 13.8. The summed E-state index contributed by atoms with van der Waals surface area (Å²) in [6, 6.07) is 18.6. The SMILES string of the molecule is CCOC(=O)c1ccc(NC(=O)N(C(=O)[C@@H](N)Cc2ccc(O)cc2)[C@H]2CC[N+](C)(Cc3ccc(Cl)cc3)C2)cc1.O=C([O-])C(F)(F)F. The van der Waals surface area contributed by atoms with Crippen molar-refractivity contribution >= 4 is 41.2 Å². The van der Waals surface area contributed by atoms with Crippen molar-refractivity contribution < 1.29 is 51.8 Å². The number of nitrogens with one attached hydrogen (secondary N) is 1. The first-order chi connectivity index (χ1) is 22.5. The van der Waals surface area contributed by atoms with Crippen molar-refractivity contribution in [2.45, 2.75) is 44.6 Å². The average molecular weight is 693 g/mol. The number of aliphatic carboxylic acids is 1. The van der Waals surface area contributed by atoms with E-state index in [9.17, 15) is 32.7 Å². The Kier molecular flexibility index (Phi) is 12.9. The first-order valence-electron chi connectivity index (χ1n) is 14.8. The van der Waals surface area contributed by atoms with Crippen molar-refractivity contribution in [2.24, 2.45) is 5.73 Å². The molecule has 1 heterocycles. The molecule has 0 spiro atoms. The number of amides is 3. The molecule has 48 heavy (non-hydrogen) atoms. The molecule has 11 nitrogen and oxygen atoms in total. The highest BCUT2D eigenvalue weighted by Gasteiger charge is 2.43. The molecular formula is C33H36ClF3N4O7. The van der Waals surface area contributed by atoms with Crippen molar-refractivity contribution in [2.75, 3.05) is 32.1 Å². The minimum Gasteiger partial charge on any atom is -0.542 e. The lowest BCUT2D eigenvalue weighted by molar-refractivity contribution is -0.911. The number of anilines is 1. The molecular weight excluding hydrogens is 657 g/mol. The third-order valence-electron chi connectivity index (χ3n) is 7.54. The fraction of sp³-hybridized carbons (Fsp3) is 0.333. The summed E-state index contributed by atoms with van der Waals surface area (Å²) in [7, 11) is 2.11. The van der Waals surface area contributed by atoms with E-state index in [1.165, 1.54) is 17.0 Å². The fourth-order valence-electron chi connectivity index (χ4n) is 5.22. The first kappa shape index (κ1) is 37.8. The molecule has 1 fully saturated rings. The van der Waals surface area contributed by atoms with Crippen LogP contribution in [0.4, 0.5) is 23.7 Å². The molecule has 0 aliphatic carbocycles. The number of carbonyl (C=O) groups excluding carboxylic acids is 4. The number of alkyl halides is 3. The Bertz CT molecular complexity index is 1570. The number of phenolic OH excluding ortho intramolecular Hbond substituents is 1. The van der Waals surface area contributed by atoms with Crippen molar-refractivity contribution in [3.8, 4) is 5.75 Å². The third kappa shape index (κ3) is 11.0. The zero-order chi connectivity index (χ0) is 35.6. The number of phenols is 1. The number of likely N-dealkylation sites (tertiary alicyclic amines) is 1. The Labute approximate surface area is 280 Å². The summed E-state index contributed by atoms with van der Waals surface area (Å²) < 4.78 is 37.2. The van der Waals surface area contributed by atoms with Crippen LogP contribution in [0.2, 0.25) is 5.02 Å². The molecule has 4 rings (SSSR count). The largest absolute Gasteiger partial charge is 0.542 e. The number of imide groups is 1. The molecule has 1 aliphatic rings. The van der Waals surface area contributed by atoms with E-state index < -0.39 is 36.1 Å². The van der Waals surface area contributed by atoms with Crippen LogP contribution >= 0.6 is 11.6 Å². The zero-order valence-electron chi connectivity index (χ0n) is 26.2. The number of carboxylic acids is 1. The lowest BCUT2D eigenvalue weighted by Gasteiger charge is -2.33. The number of nitrogens with two attached hydrogens (primary N) is 1. The van der Waals surface area contributed by atoms with Crippen LogP contribution in [0.5, 0.6) is 5.75 Å². The molecule has 0 bridgehead atoms. The van der Waals surface area contributed by atoms with Crippen LogP contribution in [0.1, 0.15) is 34.8 Å². The number of esters is 1. The zero-order valence-corrected chi connectivity index (χ0v) is 27.0. The van der Waals surface area contributed by atoms with E-state index in [0.29, 0.717) is 33.7 Å². The number of hydrogen-bond donors (Lipinski definition) is 3. The van der Waals surface area contributed by atoms with Gasteiger partial charge in [-0.25, -0.2) is 9.59 Å². The van der Waals surface area contributed by atoms with Gasteiger partial charge in [-0.1, -0.05) is 35.9 Å². The van der Waals surface area contributed by atoms with Crippen molar-refractivity contribution in [1.82, 2.24) is 4.90 Å². The van der Waals surface area contributed by atoms with E-state index in [1.54, 1.807) is 43.3 Å². The molecule has 15 heteroatoms. The number of aromatic hydroxyl groups is 1. The number of ether oxygens (including phenoxy) is 1. The maximum atomic E-state index is 13.8. The van der Waals surface area contributed by atoms with E-state index in [4.69, 9.17) is 32.0 Å². The van der Waals surface area contributed by atoms with Crippen LogP contribution in [0, 0.1) is 0 Å². The summed E-state index contributed by atoms with van der Waals surface area (Å²) in [5.41, 5.74) is 9.05. The lowest BCUT2D eigenvalue weighted by Crippen LogP contribution is -2.55. The van der Waals surface area contributed by atoms with Gasteiger partial charge < -0.3 is 35.3 Å². The molecule has 0 saturated carbocycles. The van der Waals surface area contributed by atoms with E-state index in [1.807, 2.05) is 24.3 Å². The van der Waals surface area contributed by atoms with Crippen LogP contribution in [0.25, 0.3) is 0 Å². The second-order valence-corrected chi connectivity index (χ2v) is 11.9. The van der Waals surface area contributed by atoms with Crippen LogP contribution in [0.3, 0.4) is 0 Å². The van der Waals surface area contributed by atoms with Crippen LogP contribution < -0.4 is 16.2 Å².